The number of rotatable bonds is 8. The van der Waals surface area contributed by atoms with Gasteiger partial charge in [-0.1, -0.05) is 24.3 Å². The summed E-state index contributed by atoms with van der Waals surface area (Å²) in [5.74, 6) is -6.99. The lowest BCUT2D eigenvalue weighted by atomic mass is 9.57. The second-order valence-corrected chi connectivity index (χ2v) is 12.5. The highest BCUT2D eigenvalue weighted by Gasteiger charge is 2.64. The molecular weight excluding hydrogens is 608 g/mol. The number of aliphatic hydroxyl groups excluding tert-OH is 2. The molecule has 2 aromatic rings. The van der Waals surface area contributed by atoms with E-state index in [-0.39, 0.29) is 42.6 Å². The van der Waals surface area contributed by atoms with Gasteiger partial charge in [0.2, 0.25) is 5.78 Å². The lowest BCUT2D eigenvalue weighted by Gasteiger charge is -2.50. The standard InChI is InChI=1S/C34H38N4O9/c1-6-12-38(33(45)47-19-10-8-7-9-11-19)16-18-15-22(36(2)3)20-13-17-14-21-26(37(4)5)29(41)25(32(35)44)31(43)34(21,46)30(42)23(17)28(40)24(20)27(18)39/h6-11,15,17,21,26,39-40,43,46H,1,12-14,16H2,2-5H3,(H2,35,44)/t17-,21-,26-,34-/m0/s1. The molecule has 2 amide bonds. The number of Topliss-reactive ketones (excluding diaryl/α,β-unsaturated/α-hetero) is 2. The first-order valence-corrected chi connectivity index (χ1v) is 15.0. The molecule has 0 spiro atoms. The number of aromatic hydroxyl groups is 1. The Morgan fingerprint density at radius 1 is 1.11 bits per heavy atom. The van der Waals surface area contributed by atoms with E-state index in [1.807, 2.05) is 0 Å². The molecule has 248 valence electrons. The first kappa shape index (κ1) is 33.2. The van der Waals surface area contributed by atoms with E-state index in [0.717, 1.165) is 0 Å². The van der Waals surface area contributed by atoms with E-state index in [1.54, 1.807) is 69.5 Å². The number of phenols is 1. The smallest absolute Gasteiger partial charge is 0.415 e. The van der Waals surface area contributed by atoms with Crippen molar-refractivity contribution >= 4 is 35.0 Å². The Hall–Kier alpha value is -5.14. The lowest BCUT2D eigenvalue weighted by Crippen LogP contribution is -2.65. The Kier molecular flexibility index (Phi) is 8.65. The van der Waals surface area contributed by atoms with E-state index >= 15 is 0 Å². The number of ketones is 2. The normalized spacial score (nSPS) is 23.6. The third-order valence-electron chi connectivity index (χ3n) is 9.18. The predicted molar refractivity (Wildman–Crippen MR) is 172 cm³/mol. The van der Waals surface area contributed by atoms with Gasteiger partial charge in [0.1, 0.15) is 28.6 Å². The summed E-state index contributed by atoms with van der Waals surface area (Å²) in [5, 5.41) is 46.3. The minimum absolute atomic E-state index is 0.0282. The summed E-state index contributed by atoms with van der Waals surface area (Å²) in [6.45, 7) is 3.60. The third kappa shape index (κ3) is 5.30. The topological polar surface area (TPSA) is 194 Å². The Bertz CT molecular complexity index is 1750. The molecule has 3 aliphatic carbocycles. The van der Waals surface area contributed by atoms with Gasteiger partial charge >= 0.3 is 6.09 Å². The van der Waals surface area contributed by atoms with Crippen LogP contribution in [0.15, 0.2) is 66.0 Å². The molecule has 1 fully saturated rings. The molecule has 0 aromatic heterocycles. The zero-order valence-electron chi connectivity index (χ0n) is 26.6. The molecule has 0 heterocycles. The van der Waals surface area contributed by atoms with Gasteiger partial charge in [-0.2, -0.15) is 0 Å². The van der Waals surface area contributed by atoms with Crippen LogP contribution >= 0.6 is 0 Å². The van der Waals surface area contributed by atoms with Gasteiger partial charge in [-0.3, -0.25) is 24.2 Å². The molecule has 2 aromatic carbocycles. The molecular formula is C34H38N4O9. The van der Waals surface area contributed by atoms with Gasteiger partial charge in [-0.25, -0.2) is 4.79 Å². The summed E-state index contributed by atoms with van der Waals surface area (Å²) < 4.78 is 5.49. The van der Waals surface area contributed by atoms with Crippen LogP contribution < -0.4 is 15.4 Å². The van der Waals surface area contributed by atoms with Gasteiger partial charge in [-0.15, -0.1) is 6.58 Å². The van der Waals surface area contributed by atoms with Crippen LogP contribution in [0.25, 0.3) is 5.76 Å². The van der Waals surface area contributed by atoms with Crippen molar-refractivity contribution in [1.29, 1.82) is 0 Å². The molecule has 0 unspecified atom stereocenters. The first-order valence-electron chi connectivity index (χ1n) is 15.0. The molecule has 4 atom stereocenters. The van der Waals surface area contributed by atoms with Gasteiger partial charge in [0.25, 0.3) is 5.91 Å². The number of amides is 2. The molecule has 5 rings (SSSR count). The largest absolute Gasteiger partial charge is 0.508 e. The molecule has 0 aliphatic heterocycles. The number of likely N-dealkylation sites (N-methyl/N-ethyl adjacent to an activating group) is 1. The van der Waals surface area contributed by atoms with Crippen molar-refractivity contribution in [3.8, 4) is 11.5 Å². The minimum Gasteiger partial charge on any atom is -0.508 e. The van der Waals surface area contributed by atoms with Crippen molar-refractivity contribution in [2.45, 2.75) is 31.0 Å². The van der Waals surface area contributed by atoms with E-state index < -0.39 is 69.9 Å². The number of para-hydroxylation sites is 1. The lowest BCUT2D eigenvalue weighted by molar-refractivity contribution is -0.153. The number of ether oxygens (including phenoxy) is 1. The maximum absolute atomic E-state index is 14.2. The number of anilines is 1. The van der Waals surface area contributed by atoms with E-state index in [1.165, 1.54) is 15.9 Å². The van der Waals surface area contributed by atoms with Crippen molar-refractivity contribution in [2.24, 2.45) is 17.6 Å². The number of nitrogens with two attached hydrogens (primary N) is 1. The average Bonchev–Trinajstić information content (AvgIpc) is 2.99. The van der Waals surface area contributed by atoms with Crippen LogP contribution in [0.4, 0.5) is 10.5 Å². The summed E-state index contributed by atoms with van der Waals surface area (Å²) in [6.07, 6.45) is 0.877. The van der Waals surface area contributed by atoms with Crippen LogP contribution in [0.1, 0.15) is 23.1 Å². The molecule has 6 N–H and O–H groups in total. The van der Waals surface area contributed by atoms with Gasteiger partial charge in [0, 0.05) is 43.4 Å². The molecule has 0 bridgehead atoms. The van der Waals surface area contributed by atoms with Crippen LogP contribution in [0.2, 0.25) is 0 Å². The van der Waals surface area contributed by atoms with Gasteiger partial charge < -0.3 is 35.8 Å². The fraction of sp³-hybridized carbons (Fsp3) is 0.353. The Morgan fingerprint density at radius 3 is 2.34 bits per heavy atom. The Morgan fingerprint density at radius 2 is 1.77 bits per heavy atom. The maximum atomic E-state index is 14.2. The molecule has 0 radical (unpaired) electrons. The van der Waals surface area contributed by atoms with Crippen LogP contribution in [0.3, 0.4) is 0 Å². The molecule has 3 aliphatic rings. The monoisotopic (exact) mass is 646 g/mol. The summed E-state index contributed by atoms with van der Waals surface area (Å²) in [6, 6.07) is 8.94. The molecule has 1 saturated carbocycles. The van der Waals surface area contributed by atoms with Gasteiger partial charge in [0.15, 0.2) is 11.4 Å². The molecule has 47 heavy (non-hydrogen) atoms. The highest BCUT2D eigenvalue weighted by molar-refractivity contribution is 6.24. The van der Waals surface area contributed by atoms with Gasteiger partial charge in [0.05, 0.1) is 18.2 Å². The van der Waals surface area contributed by atoms with Crippen molar-refractivity contribution in [3.63, 3.8) is 0 Å². The second kappa shape index (κ2) is 12.2. The number of nitrogens with zero attached hydrogens (tertiary/aromatic N) is 3. The predicted octanol–water partition coefficient (Wildman–Crippen LogP) is 2.22. The minimum atomic E-state index is -2.75. The number of benzene rings is 2. The number of fused-ring (bicyclic) bond motifs is 3. The quantitative estimate of drug-likeness (QED) is 0.209. The number of carbonyl (C=O) groups is 4. The van der Waals surface area contributed by atoms with Crippen molar-refractivity contribution < 1.29 is 44.3 Å². The van der Waals surface area contributed by atoms with Crippen molar-refractivity contribution in [2.75, 3.05) is 39.6 Å². The Balaban J connectivity index is 1.64. The van der Waals surface area contributed by atoms with Crippen molar-refractivity contribution in [1.82, 2.24) is 9.80 Å². The van der Waals surface area contributed by atoms with E-state index in [0.29, 0.717) is 17.0 Å². The Labute approximate surface area is 271 Å². The molecule has 13 heteroatoms. The summed E-state index contributed by atoms with van der Waals surface area (Å²) in [5.41, 5.74) is 2.76. The van der Waals surface area contributed by atoms with E-state index in [2.05, 4.69) is 6.58 Å². The van der Waals surface area contributed by atoms with E-state index in [9.17, 15) is 39.6 Å². The number of primary amides is 1. The zero-order chi connectivity index (χ0) is 34.5. The van der Waals surface area contributed by atoms with Crippen LogP contribution in [-0.2, 0) is 27.3 Å². The van der Waals surface area contributed by atoms with Crippen molar-refractivity contribution in [3.05, 3.63) is 82.6 Å². The molecule has 13 nitrogen and oxygen atoms in total. The second-order valence-electron chi connectivity index (χ2n) is 12.5. The number of hydrogen-bond acceptors (Lipinski definition) is 11. The number of phenolic OH excluding ortho intramolecular Hbond substituents is 1. The van der Waals surface area contributed by atoms with Crippen LogP contribution in [-0.4, -0.2) is 100 Å². The SMILES string of the molecule is C=CCN(Cc1cc(N(C)C)c2c(c1O)C(O)=C1C(=O)[C@]3(O)C(O)=C(C(N)=O)C(=O)[C@@H](N(C)C)[C@@H]3C[C@@H]1C2)C(=O)Oc1ccccc1. The number of aliphatic hydroxyl groups is 3. The number of carbonyl (C=O) groups excluding carboxylic acids is 4. The summed E-state index contributed by atoms with van der Waals surface area (Å²) in [4.78, 5) is 57.4. The zero-order valence-corrected chi connectivity index (χ0v) is 26.6. The van der Waals surface area contributed by atoms with Crippen LogP contribution in [0, 0.1) is 11.8 Å². The van der Waals surface area contributed by atoms with Crippen LogP contribution in [0.5, 0.6) is 11.5 Å². The average molecular weight is 647 g/mol. The fourth-order valence-corrected chi connectivity index (χ4v) is 7.08. The third-order valence-corrected chi connectivity index (χ3v) is 9.18. The fourth-order valence-electron chi connectivity index (χ4n) is 7.08. The summed E-state index contributed by atoms with van der Waals surface area (Å²) in [7, 11) is 6.61. The number of hydrogen-bond donors (Lipinski definition) is 5. The van der Waals surface area contributed by atoms with E-state index in [4.69, 9.17) is 10.5 Å². The highest BCUT2D eigenvalue weighted by Crippen LogP contribution is 2.54. The molecule has 0 saturated heterocycles. The van der Waals surface area contributed by atoms with Gasteiger partial charge in [-0.05, 0) is 56.6 Å². The first-order chi connectivity index (χ1) is 22.1. The maximum Gasteiger partial charge on any atom is 0.415 e. The highest BCUT2D eigenvalue weighted by atomic mass is 16.6. The summed E-state index contributed by atoms with van der Waals surface area (Å²) >= 11 is 0.